The van der Waals surface area contributed by atoms with Crippen molar-refractivity contribution in [2.24, 2.45) is 0 Å². The molecule has 0 amide bonds. The van der Waals surface area contributed by atoms with Gasteiger partial charge in [0.15, 0.2) is 12.2 Å². The summed E-state index contributed by atoms with van der Waals surface area (Å²) < 4.78 is 4.62. The molecule has 1 rings (SSSR count). The molecule has 1 heterocycles. The van der Waals surface area contributed by atoms with Crippen LogP contribution in [0.5, 0.6) is 0 Å². The highest BCUT2D eigenvalue weighted by Crippen LogP contribution is 2.25. The number of hydrogen-bond acceptors (Lipinski definition) is 5. The zero-order valence-electron chi connectivity index (χ0n) is 5.33. The number of aliphatic hydroxyl groups excluding tert-OH is 1. The molecular formula is C5H7NO4. The predicted molar refractivity (Wildman–Crippen MR) is 30.0 cm³/mol. The van der Waals surface area contributed by atoms with E-state index in [-0.39, 0.29) is 0 Å². The Hall–Kier alpha value is -0.870. The van der Waals surface area contributed by atoms with Gasteiger partial charge in [0.1, 0.15) is 6.10 Å². The number of aliphatic hydroxyl groups is 1. The van der Waals surface area contributed by atoms with Crippen molar-refractivity contribution >= 4 is 5.94 Å². The second kappa shape index (κ2) is 2.40. The van der Waals surface area contributed by atoms with E-state index in [2.05, 4.69) is 15.1 Å². The molecule has 1 aliphatic rings. The summed E-state index contributed by atoms with van der Waals surface area (Å²) in [4.78, 5) is 14.2. The van der Waals surface area contributed by atoms with Gasteiger partial charge in [-0.05, 0) is 6.92 Å². The Balaban J connectivity index is 2.45. The fraction of sp³-hybridized carbons (Fsp3) is 0.600. The highest BCUT2D eigenvalue weighted by Gasteiger charge is 2.52. The van der Waals surface area contributed by atoms with Gasteiger partial charge in [0.25, 0.3) is 0 Å². The minimum absolute atomic E-state index is 0.784. The number of hydrogen-bond donors (Lipinski definition) is 2. The first-order valence-corrected chi connectivity index (χ1v) is 2.72. The zero-order valence-corrected chi connectivity index (χ0v) is 5.33. The highest BCUT2D eigenvalue weighted by molar-refractivity contribution is 5.42. The van der Waals surface area contributed by atoms with Crippen molar-refractivity contribution in [2.45, 2.75) is 18.9 Å². The first-order valence-electron chi connectivity index (χ1n) is 2.72. The minimum Gasteiger partial charge on any atom is -0.440 e. The van der Waals surface area contributed by atoms with Gasteiger partial charge in [0, 0.05) is 0 Å². The van der Waals surface area contributed by atoms with Gasteiger partial charge in [-0.2, -0.15) is 0 Å². The second-order valence-corrected chi connectivity index (χ2v) is 1.90. The quantitative estimate of drug-likeness (QED) is 0.300. The van der Waals surface area contributed by atoms with Crippen molar-refractivity contribution < 1.29 is 19.5 Å². The summed E-state index contributed by atoms with van der Waals surface area (Å²) in [6.07, 6.45) is -0.0516. The lowest BCUT2D eigenvalue weighted by Crippen LogP contribution is -2.31. The van der Waals surface area contributed by atoms with Crippen LogP contribution in [0, 0.1) is 0 Å². The van der Waals surface area contributed by atoms with Crippen molar-refractivity contribution in [1.29, 1.82) is 0 Å². The molecule has 1 fully saturated rings. The van der Waals surface area contributed by atoms with Crippen LogP contribution in [0.4, 0.5) is 0 Å². The third-order valence-corrected chi connectivity index (χ3v) is 1.14. The van der Waals surface area contributed by atoms with Gasteiger partial charge >= 0.3 is 5.91 Å². The Morgan fingerprint density at radius 2 is 2.60 bits per heavy atom. The molecule has 2 unspecified atom stereocenters. The van der Waals surface area contributed by atoms with Crippen LogP contribution in [0.15, 0.2) is 6.26 Å². The molecule has 0 aliphatic carbocycles. The van der Waals surface area contributed by atoms with Crippen molar-refractivity contribution in [1.82, 2.24) is 5.48 Å². The van der Waals surface area contributed by atoms with Gasteiger partial charge in [-0.15, -0.1) is 5.48 Å². The molecule has 1 saturated heterocycles. The van der Waals surface area contributed by atoms with E-state index in [4.69, 9.17) is 5.11 Å². The molecule has 0 aromatic heterocycles. The van der Waals surface area contributed by atoms with Gasteiger partial charge in [0.2, 0.25) is 0 Å². The van der Waals surface area contributed by atoms with Crippen LogP contribution < -0.4 is 5.48 Å². The van der Waals surface area contributed by atoms with E-state index in [1.807, 2.05) is 0 Å². The fourth-order valence-corrected chi connectivity index (χ4v) is 0.479. The normalized spacial score (nSPS) is 32.2. The van der Waals surface area contributed by atoms with Crippen LogP contribution in [0.3, 0.4) is 0 Å². The number of hydroxylamine groups is 1. The first kappa shape index (κ1) is 7.24. The molecule has 56 valence electrons. The standard InChI is InChI=1S/C5H7NO4/c1-4(8)5(6-10-5)9-3-2-7/h3-4,6,8H,1H3. The SMILES string of the molecule is CC(O)C1(OC=C=O)NO1. The summed E-state index contributed by atoms with van der Waals surface area (Å²) in [6, 6.07) is 0. The molecule has 10 heavy (non-hydrogen) atoms. The molecule has 2 atom stereocenters. The molecule has 0 saturated carbocycles. The molecule has 0 radical (unpaired) electrons. The number of nitrogens with one attached hydrogen (secondary N) is 1. The van der Waals surface area contributed by atoms with E-state index in [0.717, 1.165) is 6.26 Å². The number of rotatable bonds is 3. The molecule has 0 aromatic rings. The summed E-state index contributed by atoms with van der Waals surface area (Å²) in [7, 11) is 0. The molecule has 5 heteroatoms. The second-order valence-electron chi connectivity index (χ2n) is 1.90. The highest BCUT2D eigenvalue weighted by atomic mass is 16.9. The summed E-state index contributed by atoms with van der Waals surface area (Å²) in [5.41, 5.74) is 2.30. The van der Waals surface area contributed by atoms with E-state index < -0.39 is 12.0 Å². The monoisotopic (exact) mass is 145 g/mol. The summed E-state index contributed by atoms with van der Waals surface area (Å²) in [6.45, 7) is 1.47. The van der Waals surface area contributed by atoms with Crippen LogP contribution >= 0.6 is 0 Å². The smallest absolute Gasteiger partial charge is 0.335 e. The molecule has 0 bridgehead atoms. The predicted octanol–water partition coefficient (Wildman–Crippen LogP) is -1.08. The molecule has 0 spiro atoms. The lowest BCUT2D eigenvalue weighted by Gasteiger charge is -2.09. The van der Waals surface area contributed by atoms with E-state index in [1.165, 1.54) is 12.9 Å². The number of carbonyl (C=O) groups excluding carboxylic acids is 1. The van der Waals surface area contributed by atoms with Crippen molar-refractivity contribution in [3.8, 4) is 0 Å². The maximum Gasteiger partial charge on any atom is 0.335 e. The van der Waals surface area contributed by atoms with Crippen molar-refractivity contribution in [2.75, 3.05) is 0 Å². The Kier molecular flexibility index (Phi) is 1.74. The van der Waals surface area contributed by atoms with Gasteiger partial charge in [-0.1, -0.05) is 0 Å². The summed E-state index contributed by atoms with van der Waals surface area (Å²) in [5.74, 6) is 0.179. The van der Waals surface area contributed by atoms with Crippen molar-refractivity contribution in [3.63, 3.8) is 0 Å². The third-order valence-electron chi connectivity index (χ3n) is 1.14. The average Bonchev–Trinajstić information content (AvgIpc) is 2.64. The Morgan fingerprint density at radius 1 is 2.00 bits per heavy atom. The molecule has 0 aromatic carbocycles. The maximum atomic E-state index is 9.63. The topological polar surface area (TPSA) is 81.0 Å². The molecular weight excluding hydrogens is 138 g/mol. The van der Waals surface area contributed by atoms with E-state index >= 15 is 0 Å². The summed E-state index contributed by atoms with van der Waals surface area (Å²) >= 11 is 0. The molecule has 2 N–H and O–H groups in total. The zero-order chi connectivity index (χ0) is 7.61. The minimum atomic E-state index is -1.21. The van der Waals surface area contributed by atoms with Crippen LogP contribution in [0.2, 0.25) is 0 Å². The lowest BCUT2D eigenvalue weighted by atomic mass is 10.3. The van der Waals surface area contributed by atoms with Gasteiger partial charge in [-0.3, -0.25) is 0 Å². The van der Waals surface area contributed by atoms with Crippen LogP contribution in [-0.2, 0) is 14.4 Å². The van der Waals surface area contributed by atoms with E-state index in [9.17, 15) is 4.79 Å². The molecule has 5 nitrogen and oxygen atoms in total. The average molecular weight is 145 g/mol. The lowest BCUT2D eigenvalue weighted by molar-refractivity contribution is -0.0702. The Bertz CT molecular complexity index is 168. The third kappa shape index (κ3) is 1.17. The maximum absolute atomic E-state index is 9.63. The van der Waals surface area contributed by atoms with Crippen LogP contribution in [-0.4, -0.2) is 23.1 Å². The number of ether oxygens (including phenoxy) is 1. The van der Waals surface area contributed by atoms with Gasteiger partial charge < -0.3 is 9.84 Å². The fourth-order valence-electron chi connectivity index (χ4n) is 0.479. The Morgan fingerprint density at radius 3 is 2.90 bits per heavy atom. The van der Waals surface area contributed by atoms with Crippen LogP contribution in [0.25, 0.3) is 0 Å². The van der Waals surface area contributed by atoms with E-state index in [0.29, 0.717) is 0 Å². The first-order chi connectivity index (χ1) is 4.71. The van der Waals surface area contributed by atoms with E-state index in [1.54, 1.807) is 0 Å². The largest absolute Gasteiger partial charge is 0.440 e. The Labute approximate surface area is 57.2 Å². The van der Waals surface area contributed by atoms with Gasteiger partial charge in [0.05, 0.1) is 0 Å². The summed E-state index contributed by atoms with van der Waals surface area (Å²) in [5, 5.41) is 8.91. The molecule has 1 aliphatic heterocycles. The van der Waals surface area contributed by atoms with Crippen molar-refractivity contribution in [3.05, 3.63) is 6.26 Å². The van der Waals surface area contributed by atoms with Crippen LogP contribution in [0.1, 0.15) is 6.92 Å². The van der Waals surface area contributed by atoms with Gasteiger partial charge in [-0.25, -0.2) is 9.63 Å².